The number of hydrogen-bond acceptors (Lipinski definition) is 4. The summed E-state index contributed by atoms with van der Waals surface area (Å²) in [6.07, 6.45) is 4.21. The Morgan fingerprint density at radius 3 is 2.41 bits per heavy atom. The molecule has 182 valence electrons. The third kappa shape index (κ3) is 5.61. The molecule has 0 saturated carbocycles. The highest BCUT2D eigenvalue weighted by Crippen LogP contribution is 2.26. The Balaban J connectivity index is 2.18. The van der Waals surface area contributed by atoms with Crippen molar-refractivity contribution < 1.29 is 9.53 Å². The number of ether oxygens (including phenoxy) is 1. The van der Waals surface area contributed by atoms with Gasteiger partial charge in [0.05, 0.1) is 29.7 Å². The Bertz CT molecular complexity index is 1190. The van der Waals surface area contributed by atoms with Crippen molar-refractivity contribution in [3.63, 3.8) is 0 Å². The summed E-state index contributed by atoms with van der Waals surface area (Å²) in [5.41, 5.74) is 0.989. The lowest BCUT2D eigenvalue weighted by atomic mass is 10.1. The predicted molar refractivity (Wildman–Crippen MR) is 138 cm³/mol. The van der Waals surface area contributed by atoms with Gasteiger partial charge >= 0.3 is 0 Å². The largest absolute Gasteiger partial charge is 0.497 e. The monoisotopic (exact) mass is 483 g/mol. The van der Waals surface area contributed by atoms with Crippen LogP contribution >= 0.6 is 11.6 Å². The third-order valence-electron chi connectivity index (χ3n) is 6.06. The molecule has 0 spiro atoms. The fourth-order valence-electron chi connectivity index (χ4n) is 4.11. The molecule has 0 aliphatic rings. The minimum absolute atomic E-state index is 0.0470. The average Bonchev–Trinajstić information content (AvgIpc) is 2.83. The van der Waals surface area contributed by atoms with Crippen molar-refractivity contribution in [3.8, 4) is 11.4 Å². The fourth-order valence-corrected chi connectivity index (χ4v) is 4.28. The summed E-state index contributed by atoms with van der Waals surface area (Å²) in [6, 6.07) is 12.0. The lowest BCUT2D eigenvalue weighted by Gasteiger charge is -2.32. The van der Waals surface area contributed by atoms with E-state index in [0.717, 1.165) is 25.7 Å². The molecule has 1 amide bonds. The van der Waals surface area contributed by atoms with Crippen LogP contribution in [0.3, 0.4) is 0 Å². The van der Waals surface area contributed by atoms with Crippen LogP contribution in [0.2, 0.25) is 5.02 Å². The summed E-state index contributed by atoms with van der Waals surface area (Å²) in [5.74, 6) is 1.09. The summed E-state index contributed by atoms with van der Waals surface area (Å²) in [7, 11) is 1.60. The van der Waals surface area contributed by atoms with Crippen LogP contribution in [0.4, 0.5) is 0 Å². The van der Waals surface area contributed by atoms with Crippen LogP contribution in [0.5, 0.6) is 5.75 Å². The first-order valence-corrected chi connectivity index (χ1v) is 12.3. The Labute approximate surface area is 206 Å². The van der Waals surface area contributed by atoms with Crippen molar-refractivity contribution in [3.05, 3.63) is 63.7 Å². The van der Waals surface area contributed by atoms with Crippen LogP contribution in [-0.4, -0.2) is 34.0 Å². The number of aromatic nitrogens is 2. The first-order chi connectivity index (χ1) is 16.3. The maximum Gasteiger partial charge on any atom is 0.266 e. The van der Waals surface area contributed by atoms with Crippen LogP contribution in [-0.2, 0) is 4.79 Å². The van der Waals surface area contributed by atoms with E-state index in [1.165, 1.54) is 0 Å². The fraction of sp³-hybridized carbons (Fsp3) is 0.444. The molecule has 0 fully saturated rings. The van der Waals surface area contributed by atoms with E-state index in [-0.39, 0.29) is 17.4 Å². The van der Waals surface area contributed by atoms with E-state index in [9.17, 15) is 9.59 Å². The van der Waals surface area contributed by atoms with Gasteiger partial charge in [0.15, 0.2) is 0 Å². The van der Waals surface area contributed by atoms with Gasteiger partial charge in [-0.25, -0.2) is 4.98 Å². The molecule has 6 nitrogen and oxygen atoms in total. The Morgan fingerprint density at radius 2 is 1.79 bits per heavy atom. The smallest absolute Gasteiger partial charge is 0.266 e. The van der Waals surface area contributed by atoms with Gasteiger partial charge in [0.2, 0.25) is 5.91 Å². The number of nitrogens with zero attached hydrogens (tertiary/aromatic N) is 3. The maximum atomic E-state index is 13.7. The molecule has 1 atom stereocenters. The van der Waals surface area contributed by atoms with E-state index >= 15 is 0 Å². The van der Waals surface area contributed by atoms with Gasteiger partial charge in [-0.15, -0.1) is 0 Å². The van der Waals surface area contributed by atoms with E-state index in [1.54, 1.807) is 29.9 Å². The molecule has 0 aliphatic carbocycles. The highest BCUT2D eigenvalue weighted by Gasteiger charge is 2.28. The number of halogens is 1. The normalized spacial score (nSPS) is 12.2. The molecule has 2 aromatic carbocycles. The molecule has 34 heavy (non-hydrogen) atoms. The number of carbonyl (C=O) groups excluding carboxylic acids is 1. The van der Waals surface area contributed by atoms with Gasteiger partial charge in [0.1, 0.15) is 11.6 Å². The molecule has 3 rings (SSSR count). The van der Waals surface area contributed by atoms with Gasteiger partial charge in [0, 0.05) is 17.5 Å². The number of amides is 1. The molecular formula is C27H34ClN3O3. The number of fused-ring (bicyclic) bond motifs is 1. The second-order valence-corrected chi connectivity index (χ2v) is 9.33. The molecule has 1 unspecified atom stereocenters. The standard InChI is InChI=1S/C27H34ClN3O3/c1-6-7-8-9-16-30(26(32)18(2)3)19(4)25-29-24-17-20(28)10-15-23(24)27(33)31(25)21-11-13-22(34-5)14-12-21/h10-15,17-19H,6-9,16H2,1-5H3. The van der Waals surface area contributed by atoms with Crippen LogP contribution in [0, 0.1) is 5.92 Å². The molecule has 0 N–H and O–H groups in total. The highest BCUT2D eigenvalue weighted by atomic mass is 35.5. The lowest BCUT2D eigenvalue weighted by Crippen LogP contribution is -2.40. The minimum Gasteiger partial charge on any atom is -0.497 e. The Kier molecular flexibility index (Phi) is 8.72. The van der Waals surface area contributed by atoms with Crippen molar-refractivity contribution in [2.24, 2.45) is 5.92 Å². The van der Waals surface area contributed by atoms with E-state index in [0.29, 0.717) is 39.7 Å². The Morgan fingerprint density at radius 1 is 1.09 bits per heavy atom. The van der Waals surface area contributed by atoms with E-state index in [4.69, 9.17) is 21.3 Å². The number of carbonyl (C=O) groups is 1. The van der Waals surface area contributed by atoms with E-state index in [2.05, 4.69) is 6.92 Å². The first-order valence-electron chi connectivity index (χ1n) is 12.0. The van der Waals surface area contributed by atoms with Crippen molar-refractivity contribution in [1.82, 2.24) is 14.5 Å². The minimum atomic E-state index is -0.408. The SMILES string of the molecule is CCCCCCN(C(=O)C(C)C)C(C)c1nc2cc(Cl)ccc2c(=O)n1-c1ccc(OC)cc1. The zero-order valence-electron chi connectivity index (χ0n) is 20.7. The van der Waals surface area contributed by atoms with Crippen LogP contribution < -0.4 is 10.3 Å². The van der Waals surface area contributed by atoms with Gasteiger partial charge < -0.3 is 9.64 Å². The number of hydrogen-bond donors (Lipinski definition) is 0. The Hall–Kier alpha value is -2.86. The van der Waals surface area contributed by atoms with Gasteiger partial charge in [-0.05, 0) is 55.8 Å². The zero-order chi connectivity index (χ0) is 24.8. The third-order valence-corrected chi connectivity index (χ3v) is 6.29. The molecule has 0 radical (unpaired) electrons. The summed E-state index contributed by atoms with van der Waals surface area (Å²) in [6.45, 7) is 8.52. The van der Waals surface area contributed by atoms with Gasteiger partial charge in [-0.2, -0.15) is 0 Å². The van der Waals surface area contributed by atoms with Gasteiger partial charge in [-0.3, -0.25) is 14.2 Å². The molecule has 7 heteroatoms. The molecule has 0 bridgehead atoms. The second-order valence-electron chi connectivity index (χ2n) is 8.89. The average molecular weight is 484 g/mol. The quantitative estimate of drug-likeness (QED) is 0.323. The van der Waals surface area contributed by atoms with E-state index in [1.807, 2.05) is 49.9 Å². The predicted octanol–water partition coefficient (Wildman–Crippen LogP) is 6.17. The number of methoxy groups -OCH3 is 1. The van der Waals surface area contributed by atoms with E-state index < -0.39 is 6.04 Å². The van der Waals surface area contributed by atoms with Gasteiger partial charge in [0.25, 0.3) is 5.56 Å². The summed E-state index contributed by atoms with van der Waals surface area (Å²) in [5, 5.41) is 0.982. The summed E-state index contributed by atoms with van der Waals surface area (Å²) in [4.78, 5) is 33.7. The first kappa shape index (κ1) is 25.8. The summed E-state index contributed by atoms with van der Waals surface area (Å²) < 4.78 is 6.89. The highest BCUT2D eigenvalue weighted by molar-refractivity contribution is 6.31. The molecule has 0 saturated heterocycles. The van der Waals surface area contributed by atoms with Crippen molar-refractivity contribution >= 4 is 28.4 Å². The van der Waals surface area contributed by atoms with Crippen molar-refractivity contribution in [1.29, 1.82) is 0 Å². The van der Waals surface area contributed by atoms with Gasteiger partial charge in [-0.1, -0.05) is 51.6 Å². The topological polar surface area (TPSA) is 64.4 Å². The van der Waals surface area contributed by atoms with Crippen LogP contribution in [0.25, 0.3) is 16.6 Å². The van der Waals surface area contributed by atoms with Crippen molar-refractivity contribution in [2.75, 3.05) is 13.7 Å². The lowest BCUT2D eigenvalue weighted by molar-refractivity contribution is -0.137. The summed E-state index contributed by atoms with van der Waals surface area (Å²) >= 11 is 6.22. The molecular weight excluding hydrogens is 450 g/mol. The van der Waals surface area contributed by atoms with Crippen molar-refractivity contribution in [2.45, 2.75) is 59.4 Å². The van der Waals surface area contributed by atoms with Crippen LogP contribution in [0.1, 0.15) is 65.2 Å². The molecule has 1 aromatic heterocycles. The molecule has 1 heterocycles. The number of unbranched alkanes of at least 4 members (excludes halogenated alkanes) is 3. The number of benzene rings is 2. The second kappa shape index (κ2) is 11.5. The zero-order valence-corrected chi connectivity index (χ0v) is 21.4. The van der Waals surface area contributed by atoms with Crippen LogP contribution in [0.15, 0.2) is 47.3 Å². The molecule has 0 aliphatic heterocycles. The molecule has 3 aromatic rings. The number of rotatable bonds is 10. The maximum absolute atomic E-state index is 13.7.